The summed E-state index contributed by atoms with van der Waals surface area (Å²) in [7, 11) is 0. The van der Waals surface area contributed by atoms with Gasteiger partial charge in [-0.15, -0.1) is 0 Å². The zero-order chi connectivity index (χ0) is 20.3. The van der Waals surface area contributed by atoms with Crippen molar-refractivity contribution >= 4 is 18.5 Å². The fraction of sp³-hybridized carbons (Fsp3) is 0.750. The summed E-state index contributed by atoms with van der Waals surface area (Å²) in [5, 5.41) is 88.4. The predicted octanol–water partition coefficient (Wildman–Crippen LogP) is -11.0. The number of carbonyl (C=O) groups excluding carboxylic acids is 3. The van der Waals surface area contributed by atoms with Gasteiger partial charge in [-0.05, 0) is 0 Å². The van der Waals surface area contributed by atoms with Crippen molar-refractivity contribution in [3.63, 3.8) is 0 Å². The van der Waals surface area contributed by atoms with E-state index in [-0.39, 0.29) is 64.0 Å². The van der Waals surface area contributed by atoms with Crippen molar-refractivity contribution in [2.75, 3.05) is 6.61 Å². The Morgan fingerprint density at radius 3 is 1.38 bits per heavy atom. The van der Waals surface area contributed by atoms with Gasteiger partial charge in [0.05, 0.1) is 12.6 Å². The molecule has 0 aromatic heterocycles. The van der Waals surface area contributed by atoms with E-state index >= 15 is 0 Å². The first-order valence-electron chi connectivity index (χ1n) is 6.63. The normalized spacial score (nSPS) is 19.7. The van der Waals surface area contributed by atoms with Crippen LogP contribution in [0.4, 0.5) is 0 Å². The zero-order valence-corrected chi connectivity index (χ0v) is 16.8. The first-order chi connectivity index (χ1) is 11.5. The minimum absolute atomic E-state index is 0. The van der Waals surface area contributed by atoms with Crippen molar-refractivity contribution in [3.8, 4) is 0 Å². The van der Waals surface area contributed by atoms with E-state index in [1.165, 1.54) is 0 Å². The molecule has 0 heterocycles. The Kier molecular flexibility index (Phi) is 19.0. The summed E-state index contributed by atoms with van der Waals surface area (Å²) in [5.41, 5.74) is 0. The molecule has 0 unspecified atom stereocenters. The Hall–Kier alpha value is 0.0864. The van der Waals surface area contributed by atoms with Crippen molar-refractivity contribution in [1.29, 1.82) is 0 Å². The van der Waals surface area contributed by atoms with Gasteiger partial charge in [0.15, 0.2) is 12.6 Å². The molecule has 0 saturated carbocycles. The van der Waals surface area contributed by atoms with Crippen LogP contribution in [0.25, 0.3) is 0 Å². The van der Waals surface area contributed by atoms with Gasteiger partial charge in [-0.2, -0.15) is 0 Å². The standard InChI is InChI=1S/C6H10O7.C6H12O6.K/c7-1-2(8)3(9)4(10)5(11)6(12)13;7-1-3(9)5(11)6(12)4(10)2-8;/h1-5,8-11H,(H,12,13);1,3-6,8-12H,2H2;/q;;+1/p-1/t2-,3+,4-,5-;3-,4+,5+,6+;/m00./s1. The molecule has 0 aliphatic rings. The van der Waals surface area contributed by atoms with E-state index < -0.39 is 61.4 Å². The van der Waals surface area contributed by atoms with Crippen molar-refractivity contribution in [2.24, 2.45) is 0 Å². The zero-order valence-electron chi connectivity index (χ0n) is 13.6. The van der Waals surface area contributed by atoms with Gasteiger partial charge in [-0.3, -0.25) is 0 Å². The summed E-state index contributed by atoms with van der Waals surface area (Å²) >= 11 is 0. The topological polar surface area (TPSA) is 256 Å². The summed E-state index contributed by atoms with van der Waals surface area (Å²) < 4.78 is 0. The van der Waals surface area contributed by atoms with Crippen LogP contribution in [0.5, 0.6) is 0 Å². The fourth-order valence-corrected chi connectivity index (χ4v) is 1.23. The van der Waals surface area contributed by atoms with Gasteiger partial charge in [-0.25, -0.2) is 0 Å². The van der Waals surface area contributed by atoms with E-state index in [9.17, 15) is 19.5 Å². The quantitative estimate of drug-likeness (QED) is 0.119. The molecule has 0 rings (SSSR count). The molecule has 0 saturated heterocycles. The van der Waals surface area contributed by atoms with Crippen LogP contribution >= 0.6 is 0 Å². The van der Waals surface area contributed by atoms with E-state index in [2.05, 4.69) is 0 Å². The summed E-state index contributed by atoms with van der Waals surface area (Å²) in [5.74, 6) is -2.01. The van der Waals surface area contributed by atoms with E-state index in [1.54, 1.807) is 0 Å². The Morgan fingerprint density at radius 2 is 1.12 bits per heavy atom. The van der Waals surface area contributed by atoms with Gasteiger partial charge in [0.1, 0.15) is 48.8 Å². The predicted molar refractivity (Wildman–Crippen MR) is 72.3 cm³/mol. The Morgan fingerprint density at radius 1 is 0.769 bits per heavy atom. The first kappa shape index (κ1) is 30.8. The molecule has 0 radical (unpaired) electrons. The molecular weight excluding hydrogens is 391 g/mol. The third-order valence-electron chi connectivity index (χ3n) is 2.82. The molecule has 13 nitrogen and oxygen atoms in total. The van der Waals surface area contributed by atoms with Crippen LogP contribution in [0.1, 0.15) is 0 Å². The molecule has 0 aromatic carbocycles. The van der Waals surface area contributed by atoms with Gasteiger partial charge in [0, 0.05) is 0 Å². The van der Waals surface area contributed by atoms with E-state index in [0.717, 1.165) is 0 Å². The average Bonchev–Trinajstić information content (AvgIpc) is 2.62. The molecule has 0 amide bonds. The summed E-state index contributed by atoms with van der Waals surface area (Å²) in [6.45, 7) is -0.760. The second-order valence-corrected chi connectivity index (χ2v) is 4.73. The third kappa shape index (κ3) is 11.0. The molecule has 8 atom stereocenters. The molecule has 0 aliphatic carbocycles. The SMILES string of the molecule is O=C[C@H](O)[C@@H](O)[C@H](O)[C@H](O)C(=O)[O-].O=C[C@H](O)[C@@H](O)[C@H](O)[C@H](O)CO.[K+]. The van der Waals surface area contributed by atoms with Gasteiger partial charge in [-0.1, -0.05) is 0 Å². The maximum atomic E-state index is 9.95. The van der Waals surface area contributed by atoms with Crippen LogP contribution in [0.2, 0.25) is 0 Å². The van der Waals surface area contributed by atoms with Crippen molar-refractivity contribution in [2.45, 2.75) is 48.8 Å². The van der Waals surface area contributed by atoms with Gasteiger partial charge in [0.2, 0.25) is 0 Å². The second kappa shape index (κ2) is 16.1. The fourth-order valence-electron chi connectivity index (χ4n) is 1.23. The Labute approximate surface area is 189 Å². The largest absolute Gasteiger partial charge is 1.00 e. The van der Waals surface area contributed by atoms with E-state index in [4.69, 9.17) is 46.0 Å². The Bertz CT molecular complexity index is 409. The minimum atomic E-state index is -2.36. The average molecular weight is 412 g/mol. The smallest absolute Gasteiger partial charge is 0.547 e. The molecule has 148 valence electrons. The van der Waals surface area contributed by atoms with Crippen molar-refractivity contribution < 1.29 is 117 Å². The summed E-state index contributed by atoms with van der Waals surface area (Å²) in [4.78, 5) is 29.7. The second-order valence-electron chi connectivity index (χ2n) is 4.73. The first-order valence-corrected chi connectivity index (χ1v) is 6.63. The van der Waals surface area contributed by atoms with Gasteiger partial charge < -0.3 is 65.4 Å². The molecule has 14 heteroatoms. The van der Waals surface area contributed by atoms with Gasteiger partial charge >= 0.3 is 51.4 Å². The summed E-state index contributed by atoms with van der Waals surface area (Å²) in [6, 6.07) is 0. The number of hydrogen-bond acceptors (Lipinski definition) is 13. The van der Waals surface area contributed by atoms with E-state index in [1.807, 2.05) is 0 Å². The maximum absolute atomic E-state index is 9.95. The molecule has 0 aliphatic heterocycles. The van der Waals surface area contributed by atoms with Gasteiger partial charge in [0.25, 0.3) is 0 Å². The number of carbonyl (C=O) groups is 3. The molecular formula is C12H21KO13. The number of aliphatic hydroxyl groups excluding tert-OH is 9. The van der Waals surface area contributed by atoms with E-state index in [0.29, 0.717) is 0 Å². The van der Waals surface area contributed by atoms with Crippen molar-refractivity contribution in [1.82, 2.24) is 0 Å². The number of aliphatic carboxylic acids is 1. The van der Waals surface area contributed by atoms with Crippen LogP contribution in [-0.4, -0.2) is 120 Å². The molecule has 0 fully saturated rings. The molecule has 0 bridgehead atoms. The summed E-state index contributed by atoms with van der Waals surface area (Å²) in [6.07, 6.45) is -15.5. The van der Waals surface area contributed by atoms with Crippen LogP contribution in [0, 0.1) is 0 Å². The molecule has 0 aromatic rings. The van der Waals surface area contributed by atoms with Crippen LogP contribution < -0.4 is 56.5 Å². The van der Waals surface area contributed by atoms with Crippen LogP contribution in [0.15, 0.2) is 0 Å². The monoisotopic (exact) mass is 412 g/mol. The number of rotatable bonds is 10. The van der Waals surface area contributed by atoms with Crippen molar-refractivity contribution in [3.05, 3.63) is 0 Å². The minimum Gasteiger partial charge on any atom is -0.547 e. The number of carboxylic acid groups (broad SMARTS) is 1. The molecule has 26 heavy (non-hydrogen) atoms. The number of aldehydes is 2. The number of hydrogen-bond donors (Lipinski definition) is 9. The molecule has 9 N–H and O–H groups in total. The van der Waals surface area contributed by atoms with Crippen LogP contribution in [-0.2, 0) is 14.4 Å². The number of carboxylic acids is 1. The maximum Gasteiger partial charge on any atom is 1.00 e. The van der Waals surface area contributed by atoms with Crippen LogP contribution in [0.3, 0.4) is 0 Å². The Balaban J connectivity index is -0.000000393. The number of aliphatic hydroxyl groups is 9. The molecule has 0 spiro atoms. The third-order valence-corrected chi connectivity index (χ3v) is 2.82.